The molecule has 0 heterocycles. The van der Waals surface area contributed by atoms with Crippen molar-refractivity contribution in [3.63, 3.8) is 0 Å². The lowest BCUT2D eigenvalue weighted by molar-refractivity contribution is -0.153. The molecule has 42 heavy (non-hydrogen) atoms. The average Bonchev–Trinajstić information content (AvgIpc) is 3.70. The van der Waals surface area contributed by atoms with E-state index >= 15 is 0 Å². The summed E-state index contributed by atoms with van der Waals surface area (Å²) in [6, 6.07) is 0. The van der Waals surface area contributed by atoms with E-state index in [9.17, 15) is 9.59 Å². The van der Waals surface area contributed by atoms with Gasteiger partial charge in [-0.25, -0.2) is 0 Å². The highest BCUT2D eigenvalue weighted by Gasteiger charge is 2.64. The molecule has 6 aliphatic rings. The van der Waals surface area contributed by atoms with Gasteiger partial charge in [0.05, 0.1) is 0 Å². The van der Waals surface area contributed by atoms with Gasteiger partial charge in [-0.2, -0.15) is 0 Å². The number of hydrogen-bond donors (Lipinski definition) is 0. The van der Waals surface area contributed by atoms with Gasteiger partial charge in [0.15, 0.2) is 0 Å². The summed E-state index contributed by atoms with van der Waals surface area (Å²) < 4.78 is 12.1. The third-order valence-electron chi connectivity index (χ3n) is 13.5. The third-order valence-corrected chi connectivity index (χ3v) is 13.5. The van der Waals surface area contributed by atoms with E-state index in [1.165, 1.54) is 38.5 Å². The van der Waals surface area contributed by atoms with Crippen LogP contribution in [0, 0.1) is 70.0 Å². The molecule has 4 bridgehead atoms. The van der Waals surface area contributed by atoms with Gasteiger partial charge in [0.2, 0.25) is 0 Å². The van der Waals surface area contributed by atoms with Gasteiger partial charge in [-0.1, -0.05) is 53.7 Å². The lowest BCUT2D eigenvalue weighted by Gasteiger charge is -2.42. The Kier molecular flexibility index (Phi) is 8.69. The van der Waals surface area contributed by atoms with Gasteiger partial charge in [0.1, 0.15) is 12.2 Å². The van der Waals surface area contributed by atoms with Crippen molar-refractivity contribution in [3.05, 3.63) is 12.2 Å². The number of esters is 2. The highest BCUT2D eigenvalue weighted by molar-refractivity contribution is 5.70. The SMILES string of the molecule is CC(C)(C)C1CCC(OC(=O)CCC2C(CCC(=O)OC3CCC(C(C)(C)C)CC3)C3CC2C2C4C=CC(C4)C32)CC1. The van der Waals surface area contributed by atoms with Gasteiger partial charge in [0.25, 0.3) is 0 Å². The molecule has 0 aromatic rings. The Morgan fingerprint density at radius 2 is 0.976 bits per heavy atom. The van der Waals surface area contributed by atoms with Crippen molar-refractivity contribution in [1.82, 2.24) is 0 Å². The Morgan fingerprint density at radius 1 is 0.595 bits per heavy atom. The van der Waals surface area contributed by atoms with Crippen molar-refractivity contribution in [1.29, 1.82) is 0 Å². The molecule has 0 aromatic heterocycles. The van der Waals surface area contributed by atoms with E-state index in [0.717, 1.165) is 85.9 Å². The minimum absolute atomic E-state index is 0.0189. The molecule has 4 nitrogen and oxygen atoms in total. The Balaban J connectivity index is 1.01. The molecular formula is C38H60O4. The van der Waals surface area contributed by atoms with Crippen LogP contribution in [-0.4, -0.2) is 24.1 Å². The molecule has 5 fully saturated rings. The number of fused-ring (bicyclic) bond motifs is 9. The van der Waals surface area contributed by atoms with Crippen molar-refractivity contribution < 1.29 is 19.1 Å². The summed E-state index contributed by atoms with van der Waals surface area (Å²) in [7, 11) is 0. The topological polar surface area (TPSA) is 52.6 Å². The van der Waals surface area contributed by atoms with Crippen molar-refractivity contribution >= 4 is 11.9 Å². The number of ether oxygens (including phenoxy) is 2. The van der Waals surface area contributed by atoms with Crippen LogP contribution in [0.4, 0.5) is 0 Å². The molecule has 5 saturated carbocycles. The molecule has 8 atom stereocenters. The van der Waals surface area contributed by atoms with E-state index in [1.807, 2.05) is 0 Å². The number of hydrogen-bond acceptors (Lipinski definition) is 4. The minimum Gasteiger partial charge on any atom is -0.462 e. The van der Waals surface area contributed by atoms with Crippen molar-refractivity contribution in [2.45, 2.75) is 144 Å². The predicted molar refractivity (Wildman–Crippen MR) is 167 cm³/mol. The quantitative estimate of drug-likeness (QED) is 0.163. The van der Waals surface area contributed by atoms with Crippen LogP contribution in [0.5, 0.6) is 0 Å². The zero-order chi connectivity index (χ0) is 29.8. The minimum atomic E-state index is 0.0189. The molecule has 0 N–H and O–H groups in total. The summed E-state index contributed by atoms with van der Waals surface area (Å²) in [6.07, 6.45) is 19.6. The molecule has 4 heteroatoms. The maximum atomic E-state index is 13.1. The monoisotopic (exact) mass is 580 g/mol. The van der Waals surface area contributed by atoms with Crippen LogP contribution in [-0.2, 0) is 19.1 Å². The number of carbonyl (C=O) groups is 2. The fraction of sp³-hybridized carbons (Fsp3) is 0.895. The summed E-state index contributed by atoms with van der Waals surface area (Å²) in [4.78, 5) is 26.2. The highest BCUT2D eigenvalue weighted by atomic mass is 16.5. The first-order chi connectivity index (χ1) is 19.9. The zero-order valence-electron chi connectivity index (χ0n) is 27.6. The van der Waals surface area contributed by atoms with Crippen LogP contribution in [0.2, 0.25) is 0 Å². The maximum Gasteiger partial charge on any atom is 0.306 e. The van der Waals surface area contributed by atoms with Gasteiger partial charge in [-0.05, 0) is 147 Å². The van der Waals surface area contributed by atoms with E-state index in [4.69, 9.17) is 9.47 Å². The van der Waals surface area contributed by atoms with E-state index < -0.39 is 0 Å². The molecule has 0 spiro atoms. The molecule has 0 saturated heterocycles. The predicted octanol–water partition coefficient (Wildman–Crippen LogP) is 9.16. The molecule has 0 aliphatic heterocycles. The van der Waals surface area contributed by atoms with E-state index in [2.05, 4.69) is 53.7 Å². The molecule has 6 rings (SSSR count). The molecule has 6 aliphatic carbocycles. The number of carbonyl (C=O) groups excluding carboxylic acids is 2. The molecule has 236 valence electrons. The second-order valence-corrected chi connectivity index (χ2v) is 17.7. The van der Waals surface area contributed by atoms with Crippen molar-refractivity contribution in [2.75, 3.05) is 0 Å². The van der Waals surface area contributed by atoms with Gasteiger partial charge < -0.3 is 9.47 Å². The average molecular weight is 581 g/mol. The van der Waals surface area contributed by atoms with Crippen LogP contribution in [0.15, 0.2) is 12.2 Å². The second kappa shape index (κ2) is 11.9. The molecule has 8 unspecified atom stereocenters. The van der Waals surface area contributed by atoms with Crippen molar-refractivity contribution in [2.24, 2.45) is 70.0 Å². The van der Waals surface area contributed by atoms with Crippen LogP contribution < -0.4 is 0 Å². The van der Waals surface area contributed by atoms with E-state index in [-0.39, 0.29) is 24.1 Å². The zero-order valence-corrected chi connectivity index (χ0v) is 27.6. The van der Waals surface area contributed by atoms with E-state index in [0.29, 0.717) is 35.5 Å². The summed E-state index contributed by atoms with van der Waals surface area (Å²) >= 11 is 0. The number of allylic oxidation sites excluding steroid dienone is 2. The van der Waals surface area contributed by atoms with Crippen LogP contribution in [0.25, 0.3) is 0 Å². The summed E-state index contributed by atoms with van der Waals surface area (Å²) in [5, 5.41) is 0. The Morgan fingerprint density at radius 3 is 1.33 bits per heavy atom. The summed E-state index contributed by atoms with van der Waals surface area (Å²) in [5.74, 6) is 7.23. The summed E-state index contributed by atoms with van der Waals surface area (Å²) in [5.41, 5.74) is 0.688. The maximum absolute atomic E-state index is 13.1. The van der Waals surface area contributed by atoms with Crippen molar-refractivity contribution in [3.8, 4) is 0 Å². The van der Waals surface area contributed by atoms with Gasteiger partial charge >= 0.3 is 11.9 Å². The highest BCUT2D eigenvalue weighted by Crippen LogP contribution is 2.70. The van der Waals surface area contributed by atoms with E-state index in [1.54, 1.807) is 0 Å². The smallest absolute Gasteiger partial charge is 0.306 e. The second-order valence-electron chi connectivity index (χ2n) is 17.7. The first kappa shape index (κ1) is 30.7. The van der Waals surface area contributed by atoms with Crippen LogP contribution in [0.3, 0.4) is 0 Å². The molecule has 0 amide bonds. The fourth-order valence-corrected chi connectivity index (χ4v) is 11.3. The normalized spacial score (nSPS) is 42.5. The first-order valence-electron chi connectivity index (χ1n) is 18.0. The Hall–Kier alpha value is -1.32. The van der Waals surface area contributed by atoms with Crippen LogP contribution in [0.1, 0.15) is 131 Å². The molecular weight excluding hydrogens is 520 g/mol. The Bertz CT molecular complexity index is 921. The third kappa shape index (κ3) is 6.26. The first-order valence-corrected chi connectivity index (χ1v) is 18.0. The molecule has 0 aromatic carbocycles. The van der Waals surface area contributed by atoms with Gasteiger partial charge in [0, 0.05) is 12.8 Å². The summed E-state index contributed by atoms with van der Waals surface area (Å²) in [6.45, 7) is 14.0. The largest absolute Gasteiger partial charge is 0.462 e. The Labute approximate surface area is 256 Å². The fourth-order valence-electron chi connectivity index (χ4n) is 11.3. The van der Waals surface area contributed by atoms with Gasteiger partial charge in [-0.15, -0.1) is 0 Å². The standard InChI is InChI=1S/C38H60O4/c1-37(2,3)25-9-13-27(14-10-25)41-33(39)19-17-29-30(32-22-31(29)35-23-7-8-24(21-23)36(32)35)18-20-34(40)42-28-15-11-26(12-16-28)38(4,5)6/h7-8,23-32,35-36H,9-22H2,1-6H3. The number of rotatable bonds is 8. The lowest BCUT2D eigenvalue weighted by atomic mass is 9.63. The lowest BCUT2D eigenvalue weighted by Crippen LogP contribution is -2.38. The molecule has 0 radical (unpaired) electrons. The van der Waals surface area contributed by atoms with Crippen LogP contribution >= 0.6 is 0 Å². The van der Waals surface area contributed by atoms with Gasteiger partial charge in [-0.3, -0.25) is 9.59 Å².